The fraction of sp³-hybridized carbons (Fsp3) is 0. The number of hydrogen-bond donors (Lipinski definition) is 2. The molecule has 0 fully saturated rings. The second-order valence-corrected chi connectivity index (χ2v) is 4.02. The molecule has 6 nitrogen and oxygen atoms in total. The zero-order chi connectivity index (χ0) is 13.4. The average molecular weight is 254 g/mol. The van der Waals surface area contributed by atoms with E-state index in [4.69, 9.17) is 5.73 Å². The highest BCUT2D eigenvalue weighted by Crippen LogP contribution is 2.22. The van der Waals surface area contributed by atoms with Crippen molar-refractivity contribution in [3.63, 3.8) is 0 Å². The first kappa shape index (κ1) is 11.2. The Balaban J connectivity index is 2.36. The Morgan fingerprint density at radius 1 is 1.26 bits per heavy atom. The molecule has 3 rings (SSSR count). The lowest BCUT2D eigenvalue weighted by molar-refractivity contribution is 0.0693. The summed E-state index contributed by atoms with van der Waals surface area (Å²) in [4.78, 5) is 19.5. The highest BCUT2D eigenvalue weighted by molar-refractivity contribution is 5.95. The Bertz CT molecular complexity index is 765. The van der Waals surface area contributed by atoms with Crippen LogP contribution in [0.25, 0.3) is 17.0 Å². The van der Waals surface area contributed by atoms with Crippen LogP contribution in [0, 0.1) is 0 Å². The minimum Gasteiger partial charge on any atom is -0.476 e. The van der Waals surface area contributed by atoms with E-state index in [-0.39, 0.29) is 5.69 Å². The van der Waals surface area contributed by atoms with Crippen molar-refractivity contribution >= 4 is 17.2 Å². The molecule has 0 amide bonds. The van der Waals surface area contributed by atoms with E-state index in [1.165, 1.54) is 0 Å². The van der Waals surface area contributed by atoms with Crippen molar-refractivity contribution in [1.82, 2.24) is 14.4 Å². The summed E-state index contributed by atoms with van der Waals surface area (Å²) >= 11 is 0. The third-order valence-electron chi connectivity index (χ3n) is 2.76. The largest absolute Gasteiger partial charge is 0.476 e. The summed E-state index contributed by atoms with van der Waals surface area (Å²) in [5, 5.41) is 9.18. The topological polar surface area (TPSA) is 93.5 Å². The Labute approximate surface area is 108 Å². The van der Waals surface area contributed by atoms with E-state index in [0.29, 0.717) is 22.7 Å². The zero-order valence-corrected chi connectivity index (χ0v) is 9.82. The van der Waals surface area contributed by atoms with Gasteiger partial charge in [-0.3, -0.25) is 9.38 Å². The van der Waals surface area contributed by atoms with E-state index in [9.17, 15) is 9.90 Å². The van der Waals surface area contributed by atoms with Crippen LogP contribution in [0.15, 0.2) is 42.7 Å². The van der Waals surface area contributed by atoms with Crippen LogP contribution in [0.2, 0.25) is 0 Å². The van der Waals surface area contributed by atoms with Crippen molar-refractivity contribution in [1.29, 1.82) is 0 Å². The SMILES string of the molecule is Nc1ccc2c(C(=O)O)nc(-c3ccccn3)n2c1. The lowest BCUT2D eigenvalue weighted by Crippen LogP contribution is -1.97. The lowest BCUT2D eigenvalue weighted by atomic mass is 10.3. The summed E-state index contributed by atoms with van der Waals surface area (Å²) in [6.07, 6.45) is 3.27. The summed E-state index contributed by atoms with van der Waals surface area (Å²) in [7, 11) is 0. The van der Waals surface area contributed by atoms with E-state index in [0.717, 1.165) is 0 Å². The van der Waals surface area contributed by atoms with Gasteiger partial charge in [-0.25, -0.2) is 9.78 Å². The third-order valence-corrected chi connectivity index (χ3v) is 2.76. The fourth-order valence-corrected chi connectivity index (χ4v) is 1.94. The summed E-state index contributed by atoms with van der Waals surface area (Å²) in [5.41, 5.74) is 7.33. The molecule has 0 radical (unpaired) electrons. The summed E-state index contributed by atoms with van der Waals surface area (Å²) in [6, 6.07) is 8.65. The number of carbonyl (C=O) groups is 1. The second-order valence-electron chi connectivity index (χ2n) is 4.02. The zero-order valence-electron chi connectivity index (χ0n) is 9.82. The minimum absolute atomic E-state index is 0.0133. The number of nitrogens with zero attached hydrogens (tertiary/aromatic N) is 3. The molecule has 0 bridgehead atoms. The van der Waals surface area contributed by atoms with Crippen molar-refractivity contribution in [2.45, 2.75) is 0 Å². The molecule has 0 spiro atoms. The number of imidazole rings is 1. The van der Waals surface area contributed by atoms with Gasteiger partial charge >= 0.3 is 5.97 Å². The predicted molar refractivity (Wildman–Crippen MR) is 69.8 cm³/mol. The Morgan fingerprint density at radius 2 is 2.11 bits per heavy atom. The number of hydrogen-bond acceptors (Lipinski definition) is 4. The molecular formula is C13H10N4O2. The number of rotatable bonds is 2. The van der Waals surface area contributed by atoms with E-state index in [1.807, 2.05) is 6.07 Å². The van der Waals surface area contributed by atoms with Crippen LogP contribution in [0.3, 0.4) is 0 Å². The molecular weight excluding hydrogens is 244 g/mol. The fourth-order valence-electron chi connectivity index (χ4n) is 1.94. The molecule has 19 heavy (non-hydrogen) atoms. The first-order valence-corrected chi connectivity index (χ1v) is 5.59. The summed E-state index contributed by atoms with van der Waals surface area (Å²) < 4.78 is 1.64. The number of aromatic nitrogens is 3. The maximum Gasteiger partial charge on any atom is 0.356 e. The van der Waals surface area contributed by atoms with Gasteiger partial charge in [0.1, 0.15) is 5.69 Å². The monoisotopic (exact) mass is 254 g/mol. The van der Waals surface area contributed by atoms with Crippen molar-refractivity contribution < 1.29 is 9.90 Å². The quantitative estimate of drug-likeness (QED) is 0.725. The van der Waals surface area contributed by atoms with Crippen molar-refractivity contribution in [2.75, 3.05) is 5.73 Å². The first-order valence-electron chi connectivity index (χ1n) is 5.59. The molecule has 0 atom stereocenters. The smallest absolute Gasteiger partial charge is 0.356 e. The van der Waals surface area contributed by atoms with Crippen LogP contribution in [-0.4, -0.2) is 25.4 Å². The number of fused-ring (bicyclic) bond motifs is 1. The van der Waals surface area contributed by atoms with E-state index in [1.54, 1.807) is 41.1 Å². The maximum absolute atomic E-state index is 11.2. The first-order chi connectivity index (χ1) is 9.16. The number of anilines is 1. The minimum atomic E-state index is -1.08. The Morgan fingerprint density at radius 3 is 2.79 bits per heavy atom. The molecule has 3 heterocycles. The van der Waals surface area contributed by atoms with Crippen LogP contribution in [0.4, 0.5) is 5.69 Å². The number of aromatic carboxylic acids is 1. The molecule has 0 aromatic carbocycles. The molecule has 3 aromatic heterocycles. The van der Waals surface area contributed by atoms with Crippen LogP contribution in [0.5, 0.6) is 0 Å². The average Bonchev–Trinajstić information content (AvgIpc) is 2.78. The molecule has 0 aliphatic rings. The molecule has 0 aliphatic carbocycles. The van der Waals surface area contributed by atoms with E-state index < -0.39 is 5.97 Å². The van der Waals surface area contributed by atoms with Crippen LogP contribution < -0.4 is 5.73 Å². The van der Waals surface area contributed by atoms with Gasteiger partial charge in [-0.05, 0) is 24.3 Å². The van der Waals surface area contributed by atoms with Gasteiger partial charge in [0.2, 0.25) is 0 Å². The van der Waals surface area contributed by atoms with E-state index in [2.05, 4.69) is 9.97 Å². The van der Waals surface area contributed by atoms with Gasteiger partial charge in [0.05, 0.1) is 5.52 Å². The Hall–Kier alpha value is -2.89. The van der Waals surface area contributed by atoms with E-state index >= 15 is 0 Å². The Kier molecular flexibility index (Phi) is 2.42. The van der Waals surface area contributed by atoms with Crippen LogP contribution in [0.1, 0.15) is 10.5 Å². The molecule has 0 saturated carbocycles. The molecule has 3 aromatic rings. The molecule has 0 aliphatic heterocycles. The van der Waals surface area contributed by atoms with Crippen molar-refractivity contribution in [3.8, 4) is 11.5 Å². The second kappa shape index (κ2) is 4.09. The highest BCUT2D eigenvalue weighted by Gasteiger charge is 2.18. The maximum atomic E-state index is 11.2. The summed E-state index contributed by atoms with van der Waals surface area (Å²) in [5.74, 6) is -0.621. The van der Waals surface area contributed by atoms with Gasteiger partial charge in [0, 0.05) is 18.1 Å². The van der Waals surface area contributed by atoms with Gasteiger partial charge in [-0.15, -0.1) is 0 Å². The van der Waals surface area contributed by atoms with Gasteiger partial charge in [-0.2, -0.15) is 0 Å². The number of carboxylic acid groups (broad SMARTS) is 1. The number of nitrogens with two attached hydrogens (primary N) is 1. The highest BCUT2D eigenvalue weighted by atomic mass is 16.4. The van der Waals surface area contributed by atoms with Crippen LogP contribution >= 0.6 is 0 Å². The molecule has 6 heteroatoms. The summed E-state index contributed by atoms with van der Waals surface area (Å²) in [6.45, 7) is 0. The van der Waals surface area contributed by atoms with Gasteiger partial charge in [-0.1, -0.05) is 6.07 Å². The molecule has 0 unspecified atom stereocenters. The predicted octanol–water partition coefficient (Wildman–Crippen LogP) is 1.68. The molecule has 94 valence electrons. The number of nitrogen functional groups attached to an aromatic ring is 1. The standard InChI is InChI=1S/C13H10N4O2/c14-8-4-5-10-11(13(18)19)16-12(17(10)7-8)9-3-1-2-6-15-9/h1-7H,14H2,(H,18,19). The molecule has 0 saturated heterocycles. The van der Waals surface area contributed by atoms with Gasteiger partial charge in [0.25, 0.3) is 0 Å². The third kappa shape index (κ3) is 1.79. The van der Waals surface area contributed by atoms with Crippen LogP contribution in [-0.2, 0) is 0 Å². The number of carboxylic acids is 1. The lowest BCUT2D eigenvalue weighted by Gasteiger charge is -2.01. The van der Waals surface area contributed by atoms with Gasteiger partial charge in [0.15, 0.2) is 11.5 Å². The van der Waals surface area contributed by atoms with Crippen molar-refractivity contribution in [2.24, 2.45) is 0 Å². The number of pyridine rings is 2. The normalized spacial score (nSPS) is 10.7. The molecule has 3 N–H and O–H groups in total. The van der Waals surface area contributed by atoms with Crippen molar-refractivity contribution in [3.05, 3.63) is 48.4 Å². The van der Waals surface area contributed by atoms with Gasteiger partial charge < -0.3 is 10.8 Å².